The second-order valence-corrected chi connectivity index (χ2v) is 5.31. The second-order valence-electron chi connectivity index (χ2n) is 5.31. The van der Waals surface area contributed by atoms with E-state index in [2.05, 4.69) is 0 Å². The topological polar surface area (TPSA) is 94.8 Å². The molecule has 0 aliphatic carbocycles. The fourth-order valence-electron chi connectivity index (χ4n) is 2.37. The van der Waals surface area contributed by atoms with Crippen molar-refractivity contribution >= 4 is 11.9 Å². The number of aromatic hydroxyl groups is 1. The molecule has 5 nitrogen and oxygen atoms in total. The molecule has 0 saturated heterocycles. The zero-order valence-corrected chi connectivity index (χ0v) is 12.2. The molecule has 21 heavy (non-hydrogen) atoms. The molecule has 2 unspecified atom stereocenters. The first-order valence-electron chi connectivity index (χ1n) is 7.17. The van der Waals surface area contributed by atoms with Gasteiger partial charge in [0.2, 0.25) is 0 Å². The highest BCUT2D eigenvalue weighted by atomic mass is 16.4. The third-order valence-electron chi connectivity index (χ3n) is 3.62. The van der Waals surface area contributed by atoms with Gasteiger partial charge in [0.05, 0.1) is 11.8 Å². The minimum Gasteiger partial charge on any atom is -0.508 e. The summed E-state index contributed by atoms with van der Waals surface area (Å²) in [5, 5.41) is 27.6. The van der Waals surface area contributed by atoms with E-state index in [0.717, 1.165) is 12.0 Å². The zero-order valence-electron chi connectivity index (χ0n) is 12.2. The Balaban J connectivity index is 2.63. The monoisotopic (exact) mass is 294 g/mol. The average Bonchev–Trinajstić information content (AvgIpc) is 2.43. The Labute approximate surface area is 124 Å². The highest BCUT2D eigenvalue weighted by Gasteiger charge is 2.23. The molecule has 0 aliphatic heterocycles. The summed E-state index contributed by atoms with van der Waals surface area (Å²) in [4.78, 5) is 22.4. The Bertz CT molecular complexity index is 466. The highest BCUT2D eigenvalue weighted by molar-refractivity contribution is 5.71. The molecule has 0 aromatic heterocycles. The van der Waals surface area contributed by atoms with Gasteiger partial charge in [0.25, 0.3) is 0 Å². The van der Waals surface area contributed by atoms with E-state index in [9.17, 15) is 19.8 Å². The maximum atomic E-state index is 11.3. The van der Waals surface area contributed by atoms with Crippen LogP contribution in [-0.4, -0.2) is 27.3 Å². The minimum atomic E-state index is -0.913. The lowest BCUT2D eigenvalue weighted by molar-refractivity contribution is -0.145. The molecule has 0 radical (unpaired) electrons. The fourth-order valence-corrected chi connectivity index (χ4v) is 2.37. The molecule has 1 rings (SSSR count). The van der Waals surface area contributed by atoms with Gasteiger partial charge in [-0.25, -0.2) is 0 Å². The van der Waals surface area contributed by atoms with Crippen molar-refractivity contribution in [1.82, 2.24) is 0 Å². The Kier molecular flexibility index (Phi) is 6.72. The van der Waals surface area contributed by atoms with Crippen LogP contribution >= 0.6 is 0 Å². The van der Waals surface area contributed by atoms with Crippen LogP contribution in [0.15, 0.2) is 24.3 Å². The van der Waals surface area contributed by atoms with Crippen molar-refractivity contribution in [3.05, 3.63) is 29.8 Å². The summed E-state index contributed by atoms with van der Waals surface area (Å²) in [6, 6.07) is 6.41. The summed E-state index contributed by atoms with van der Waals surface area (Å²) in [6.45, 7) is 1.92. The van der Waals surface area contributed by atoms with Gasteiger partial charge in [-0.2, -0.15) is 0 Å². The number of carboxylic acids is 2. The lowest BCUT2D eigenvalue weighted by Crippen LogP contribution is -2.20. The standard InChI is InChI=1S/C16H22O5/c1-2-3-12(15(18)19)6-7-13(16(20)21)10-11-4-8-14(17)9-5-11/h4-5,8-9,12-13,17H,2-3,6-7,10H2,1H3,(H,18,19)(H,20,21). The number of hydrogen-bond donors (Lipinski definition) is 3. The molecule has 3 N–H and O–H groups in total. The van der Waals surface area contributed by atoms with E-state index in [4.69, 9.17) is 5.11 Å². The van der Waals surface area contributed by atoms with Gasteiger partial charge in [-0.1, -0.05) is 25.5 Å². The molecule has 2 atom stereocenters. The van der Waals surface area contributed by atoms with Crippen molar-refractivity contribution in [2.24, 2.45) is 11.8 Å². The SMILES string of the molecule is CCCC(CCC(Cc1ccc(O)cc1)C(=O)O)C(=O)O. The van der Waals surface area contributed by atoms with Crippen LogP contribution in [0.3, 0.4) is 0 Å². The van der Waals surface area contributed by atoms with Gasteiger partial charge < -0.3 is 15.3 Å². The first-order chi connectivity index (χ1) is 9.93. The maximum Gasteiger partial charge on any atom is 0.306 e. The van der Waals surface area contributed by atoms with E-state index in [-0.39, 0.29) is 5.75 Å². The Morgan fingerprint density at radius 2 is 1.48 bits per heavy atom. The molecule has 0 spiro atoms. The molecule has 116 valence electrons. The van der Waals surface area contributed by atoms with E-state index < -0.39 is 23.8 Å². The first-order valence-corrected chi connectivity index (χ1v) is 7.17. The molecule has 0 aliphatic rings. The van der Waals surface area contributed by atoms with Crippen LogP contribution in [0.5, 0.6) is 5.75 Å². The fraction of sp³-hybridized carbons (Fsp3) is 0.500. The van der Waals surface area contributed by atoms with Crippen molar-refractivity contribution in [2.45, 2.75) is 39.0 Å². The van der Waals surface area contributed by atoms with Crippen molar-refractivity contribution in [3.63, 3.8) is 0 Å². The third-order valence-corrected chi connectivity index (χ3v) is 3.62. The highest BCUT2D eigenvalue weighted by Crippen LogP contribution is 2.22. The normalized spacial score (nSPS) is 13.6. The van der Waals surface area contributed by atoms with Gasteiger partial charge in [-0.15, -0.1) is 0 Å². The molecule has 0 heterocycles. The number of carboxylic acid groups (broad SMARTS) is 2. The van der Waals surface area contributed by atoms with Crippen molar-refractivity contribution < 1.29 is 24.9 Å². The summed E-state index contributed by atoms with van der Waals surface area (Å²) in [6.07, 6.45) is 2.40. The third kappa shape index (κ3) is 5.85. The Hall–Kier alpha value is -2.04. The smallest absolute Gasteiger partial charge is 0.306 e. The van der Waals surface area contributed by atoms with E-state index in [0.29, 0.717) is 25.7 Å². The predicted molar refractivity (Wildman–Crippen MR) is 78.2 cm³/mol. The van der Waals surface area contributed by atoms with E-state index in [1.807, 2.05) is 6.92 Å². The summed E-state index contributed by atoms with van der Waals surface area (Å²) in [5.74, 6) is -2.71. The van der Waals surface area contributed by atoms with E-state index in [1.165, 1.54) is 12.1 Å². The van der Waals surface area contributed by atoms with Crippen molar-refractivity contribution in [3.8, 4) is 5.75 Å². The molecule has 1 aromatic carbocycles. The van der Waals surface area contributed by atoms with Crippen LogP contribution in [0.2, 0.25) is 0 Å². The van der Waals surface area contributed by atoms with Crippen LogP contribution in [0, 0.1) is 11.8 Å². The van der Waals surface area contributed by atoms with Crippen molar-refractivity contribution in [1.29, 1.82) is 0 Å². The van der Waals surface area contributed by atoms with Crippen LogP contribution in [0.4, 0.5) is 0 Å². The predicted octanol–water partition coefficient (Wildman–Crippen LogP) is 2.92. The number of aliphatic carboxylic acids is 2. The number of hydrogen-bond acceptors (Lipinski definition) is 3. The van der Waals surface area contributed by atoms with Crippen molar-refractivity contribution in [2.75, 3.05) is 0 Å². The number of phenols is 1. The van der Waals surface area contributed by atoms with Gasteiger partial charge in [-0.3, -0.25) is 9.59 Å². The zero-order chi connectivity index (χ0) is 15.8. The molecule has 0 fully saturated rings. The summed E-state index contributed by atoms with van der Waals surface area (Å²) in [5.41, 5.74) is 0.822. The van der Waals surface area contributed by atoms with Crippen LogP contribution in [-0.2, 0) is 16.0 Å². The van der Waals surface area contributed by atoms with Gasteiger partial charge in [-0.05, 0) is 43.4 Å². The molecule has 0 bridgehead atoms. The number of rotatable bonds is 9. The second kappa shape index (κ2) is 8.29. The molecule has 5 heteroatoms. The number of phenolic OH excluding ortho intramolecular Hbond substituents is 1. The Morgan fingerprint density at radius 3 is 1.95 bits per heavy atom. The van der Waals surface area contributed by atoms with Gasteiger partial charge in [0, 0.05) is 0 Å². The molecule has 0 amide bonds. The Morgan fingerprint density at radius 1 is 0.952 bits per heavy atom. The van der Waals surface area contributed by atoms with E-state index in [1.54, 1.807) is 12.1 Å². The summed E-state index contributed by atoms with van der Waals surface area (Å²) in [7, 11) is 0. The largest absolute Gasteiger partial charge is 0.508 e. The lowest BCUT2D eigenvalue weighted by atomic mass is 9.89. The van der Waals surface area contributed by atoms with Crippen LogP contribution < -0.4 is 0 Å². The summed E-state index contributed by atoms with van der Waals surface area (Å²) < 4.78 is 0. The van der Waals surface area contributed by atoms with Crippen LogP contribution in [0.1, 0.15) is 38.2 Å². The van der Waals surface area contributed by atoms with Gasteiger partial charge in [0.15, 0.2) is 0 Å². The lowest BCUT2D eigenvalue weighted by Gasteiger charge is -2.16. The number of benzene rings is 1. The molecular weight excluding hydrogens is 272 g/mol. The molecule has 0 saturated carbocycles. The van der Waals surface area contributed by atoms with E-state index >= 15 is 0 Å². The van der Waals surface area contributed by atoms with Gasteiger partial charge in [0.1, 0.15) is 5.75 Å². The molecular formula is C16H22O5. The average molecular weight is 294 g/mol. The molecule has 1 aromatic rings. The van der Waals surface area contributed by atoms with Crippen LogP contribution in [0.25, 0.3) is 0 Å². The first kappa shape index (κ1) is 17.0. The quantitative estimate of drug-likeness (QED) is 0.651. The minimum absolute atomic E-state index is 0.138. The van der Waals surface area contributed by atoms with Gasteiger partial charge >= 0.3 is 11.9 Å². The maximum absolute atomic E-state index is 11.3. The number of carbonyl (C=O) groups is 2. The summed E-state index contributed by atoms with van der Waals surface area (Å²) >= 11 is 0.